The second-order valence-corrected chi connectivity index (χ2v) is 7.24. The molecule has 1 rings (SSSR count). The Morgan fingerprint density at radius 2 is 2.00 bits per heavy atom. The molecular weight excluding hydrogens is 310 g/mol. The highest BCUT2D eigenvalue weighted by atomic mass is 35.5. The molecule has 0 radical (unpaired) electrons. The fourth-order valence-electron chi connectivity index (χ4n) is 0.897. The van der Waals surface area contributed by atoms with Crippen molar-refractivity contribution in [2.24, 2.45) is 0 Å². The minimum Gasteiger partial charge on any atom is -0.355 e. The largest absolute Gasteiger partial charge is 0.355 e. The maximum Gasteiger partial charge on any atom is 0.230 e. The Labute approximate surface area is 124 Å². The first kappa shape index (κ1) is 15.8. The molecule has 0 aliphatic rings. The molecule has 18 heavy (non-hydrogen) atoms. The molecule has 1 aromatic rings. The van der Waals surface area contributed by atoms with E-state index in [4.69, 9.17) is 11.6 Å². The van der Waals surface area contributed by atoms with Crippen LogP contribution >= 0.6 is 46.5 Å². The highest BCUT2D eigenvalue weighted by Gasteiger charge is 2.08. The molecule has 0 aliphatic carbocycles. The number of aromatic nitrogens is 2. The summed E-state index contributed by atoms with van der Waals surface area (Å²) < 4.78 is 1.64. The molecule has 0 saturated heterocycles. The van der Waals surface area contributed by atoms with Gasteiger partial charge in [0, 0.05) is 17.3 Å². The van der Waals surface area contributed by atoms with Gasteiger partial charge in [-0.15, -0.1) is 10.2 Å². The first-order valence-electron chi connectivity index (χ1n) is 5.31. The van der Waals surface area contributed by atoms with Crippen molar-refractivity contribution in [2.45, 2.75) is 22.0 Å². The number of halogens is 1. The molecule has 8 heteroatoms. The lowest BCUT2D eigenvalue weighted by atomic mass is 10.5. The third-order valence-electron chi connectivity index (χ3n) is 1.64. The first-order valence-corrected chi connectivity index (χ1v) is 8.47. The zero-order valence-corrected chi connectivity index (χ0v) is 13.1. The summed E-state index contributed by atoms with van der Waals surface area (Å²) >= 11 is 10.0. The summed E-state index contributed by atoms with van der Waals surface area (Å²) in [7, 11) is 0. The van der Waals surface area contributed by atoms with Crippen LogP contribution in [0.25, 0.3) is 0 Å². The van der Waals surface area contributed by atoms with Crippen molar-refractivity contribution in [1.82, 2.24) is 15.5 Å². The molecule has 0 fully saturated rings. The summed E-state index contributed by atoms with van der Waals surface area (Å²) in [5.41, 5.74) is 0. The molecule has 0 aliphatic heterocycles. The first-order chi connectivity index (χ1) is 8.61. The van der Waals surface area contributed by atoms with Gasteiger partial charge in [0.1, 0.15) is 0 Å². The summed E-state index contributed by atoms with van der Waals surface area (Å²) in [4.78, 5) is 11.4. The van der Waals surface area contributed by atoms with Crippen molar-refractivity contribution in [3.63, 3.8) is 0 Å². The van der Waals surface area contributed by atoms with Gasteiger partial charge in [0.05, 0.1) is 5.75 Å². The van der Waals surface area contributed by atoms with Gasteiger partial charge in [-0.2, -0.15) is 0 Å². The predicted molar refractivity (Wildman–Crippen MR) is 79.7 cm³/mol. The molecule has 0 unspecified atom stereocenters. The van der Waals surface area contributed by atoms with Crippen LogP contribution in [0.15, 0.2) is 20.3 Å². The topological polar surface area (TPSA) is 54.9 Å². The Bertz CT molecular complexity index is 411. The minimum atomic E-state index is 0.0281. The molecule has 1 N–H and O–H groups in total. The quantitative estimate of drug-likeness (QED) is 0.745. The smallest absolute Gasteiger partial charge is 0.230 e. The predicted octanol–water partition coefficient (Wildman–Crippen LogP) is 3.00. The Balaban J connectivity index is 2.30. The molecule has 1 aromatic heterocycles. The fraction of sp³-hybridized carbons (Fsp3) is 0.500. The third-order valence-corrected chi connectivity index (χ3v) is 5.21. The van der Waals surface area contributed by atoms with E-state index < -0.39 is 0 Å². The Hall–Kier alpha value is -0.240. The van der Waals surface area contributed by atoms with Crippen molar-refractivity contribution >= 4 is 52.4 Å². The van der Waals surface area contributed by atoms with Crippen molar-refractivity contribution in [1.29, 1.82) is 0 Å². The van der Waals surface area contributed by atoms with Gasteiger partial charge in [-0.05, 0) is 6.42 Å². The highest BCUT2D eigenvalue weighted by molar-refractivity contribution is 8.03. The van der Waals surface area contributed by atoms with Gasteiger partial charge >= 0.3 is 0 Å². The number of rotatable bonds is 8. The highest BCUT2D eigenvalue weighted by Crippen LogP contribution is 2.29. The molecule has 0 saturated carbocycles. The van der Waals surface area contributed by atoms with Crippen LogP contribution in [0.4, 0.5) is 0 Å². The standard InChI is InChI=1S/C10H14ClN3OS3/c1-3-4-12-8(15)6-17-10-14-13-9(18-10)16-5-7(2)11/h2-6H2,1H3,(H,12,15). The Kier molecular flexibility index (Phi) is 7.73. The van der Waals surface area contributed by atoms with Crippen LogP contribution in [-0.4, -0.2) is 34.2 Å². The van der Waals surface area contributed by atoms with Crippen LogP contribution in [0, 0.1) is 0 Å². The molecule has 0 aromatic carbocycles. The van der Waals surface area contributed by atoms with Gasteiger partial charge in [-0.3, -0.25) is 4.79 Å². The van der Waals surface area contributed by atoms with E-state index in [0.717, 1.165) is 15.1 Å². The third kappa shape index (κ3) is 6.63. The van der Waals surface area contributed by atoms with E-state index in [0.29, 0.717) is 23.1 Å². The van der Waals surface area contributed by atoms with E-state index in [1.807, 2.05) is 6.92 Å². The molecule has 0 spiro atoms. The van der Waals surface area contributed by atoms with Crippen molar-refractivity contribution < 1.29 is 4.79 Å². The van der Waals surface area contributed by atoms with Crippen LogP contribution in [0.1, 0.15) is 13.3 Å². The number of nitrogens with one attached hydrogen (secondary N) is 1. The molecular formula is C10H14ClN3OS3. The minimum absolute atomic E-state index is 0.0281. The van der Waals surface area contributed by atoms with Crippen LogP contribution in [-0.2, 0) is 4.79 Å². The van der Waals surface area contributed by atoms with E-state index in [2.05, 4.69) is 22.1 Å². The number of amides is 1. The zero-order valence-electron chi connectivity index (χ0n) is 9.94. The van der Waals surface area contributed by atoms with E-state index >= 15 is 0 Å². The average molecular weight is 324 g/mol. The second-order valence-electron chi connectivity index (χ2n) is 3.28. The summed E-state index contributed by atoms with van der Waals surface area (Å²) in [6, 6.07) is 0. The van der Waals surface area contributed by atoms with E-state index in [1.165, 1.54) is 34.9 Å². The van der Waals surface area contributed by atoms with Crippen LogP contribution in [0.5, 0.6) is 0 Å². The van der Waals surface area contributed by atoms with Crippen molar-refractivity contribution in [3.8, 4) is 0 Å². The van der Waals surface area contributed by atoms with Gasteiger partial charge in [0.25, 0.3) is 0 Å². The zero-order chi connectivity index (χ0) is 13.4. The lowest BCUT2D eigenvalue weighted by Crippen LogP contribution is -2.25. The maximum atomic E-state index is 11.4. The number of hydrogen-bond donors (Lipinski definition) is 1. The number of thioether (sulfide) groups is 2. The van der Waals surface area contributed by atoms with Gasteiger partial charge in [0.15, 0.2) is 8.68 Å². The SMILES string of the molecule is C=C(Cl)CSc1nnc(SCC(=O)NCCC)s1. The normalized spacial score (nSPS) is 10.3. The summed E-state index contributed by atoms with van der Waals surface area (Å²) in [6.45, 7) is 6.34. The van der Waals surface area contributed by atoms with Gasteiger partial charge in [0.2, 0.25) is 5.91 Å². The second kappa shape index (κ2) is 8.79. The lowest BCUT2D eigenvalue weighted by Gasteiger charge is -2.00. The molecule has 100 valence electrons. The Morgan fingerprint density at radius 3 is 2.56 bits per heavy atom. The Morgan fingerprint density at radius 1 is 1.39 bits per heavy atom. The number of carbonyl (C=O) groups excluding carboxylic acids is 1. The molecule has 0 bridgehead atoms. The van der Waals surface area contributed by atoms with Crippen molar-refractivity contribution in [3.05, 3.63) is 11.6 Å². The van der Waals surface area contributed by atoms with E-state index in [1.54, 1.807) is 0 Å². The molecule has 1 heterocycles. The molecule has 0 atom stereocenters. The number of hydrogen-bond acceptors (Lipinski definition) is 6. The van der Waals surface area contributed by atoms with Crippen LogP contribution in [0.2, 0.25) is 0 Å². The van der Waals surface area contributed by atoms with Crippen LogP contribution < -0.4 is 5.32 Å². The molecule has 1 amide bonds. The van der Waals surface area contributed by atoms with Crippen molar-refractivity contribution in [2.75, 3.05) is 18.1 Å². The number of nitrogens with zero attached hydrogens (tertiary/aromatic N) is 2. The summed E-state index contributed by atoms with van der Waals surface area (Å²) in [5.74, 6) is 1.03. The van der Waals surface area contributed by atoms with Gasteiger partial charge in [-0.1, -0.05) is 60.0 Å². The van der Waals surface area contributed by atoms with E-state index in [-0.39, 0.29) is 5.91 Å². The monoisotopic (exact) mass is 323 g/mol. The lowest BCUT2D eigenvalue weighted by molar-refractivity contribution is -0.118. The average Bonchev–Trinajstić information content (AvgIpc) is 2.79. The van der Waals surface area contributed by atoms with E-state index in [9.17, 15) is 4.79 Å². The summed E-state index contributed by atoms with van der Waals surface area (Å²) in [6.07, 6.45) is 0.943. The van der Waals surface area contributed by atoms with Gasteiger partial charge < -0.3 is 5.32 Å². The number of carbonyl (C=O) groups is 1. The van der Waals surface area contributed by atoms with Gasteiger partial charge in [-0.25, -0.2) is 0 Å². The summed E-state index contributed by atoms with van der Waals surface area (Å²) in [5, 5.41) is 11.4. The molecule has 4 nitrogen and oxygen atoms in total. The van der Waals surface area contributed by atoms with Crippen LogP contribution in [0.3, 0.4) is 0 Å². The fourth-order valence-corrected chi connectivity index (χ4v) is 3.66. The maximum absolute atomic E-state index is 11.4.